The highest BCUT2D eigenvalue weighted by Gasteiger charge is 2.00. The molecule has 2 aromatic rings. The van der Waals surface area contributed by atoms with Crippen LogP contribution in [0.5, 0.6) is 0 Å². The Balaban J connectivity index is 2.51. The lowest BCUT2D eigenvalue weighted by molar-refractivity contribution is 0.799. The van der Waals surface area contributed by atoms with E-state index in [0.29, 0.717) is 0 Å². The van der Waals surface area contributed by atoms with E-state index >= 15 is 0 Å². The molecule has 14 heavy (non-hydrogen) atoms. The maximum Gasteiger partial charge on any atom is 0.0800 e. The second-order valence-electron chi connectivity index (χ2n) is 3.65. The third-order valence-corrected chi connectivity index (χ3v) is 2.08. The van der Waals surface area contributed by atoms with Gasteiger partial charge >= 0.3 is 0 Å². The molecule has 0 bridgehead atoms. The number of benzene rings is 1. The predicted octanol–water partition coefficient (Wildman–Crippen LogP) is 2.19. The monoisotopic (exact) mass is 187 g/mol. The van der Waals surface area contributed by atoms with Crippen LogP contribution in [0.2, 0.25) is 0 Å². The lowest BCUT2D eigenvalue weighted by Gasteiger charge is -2.03. The van der Waals surface area contributed by atoms with Crippen LogP contribution in [0, 0.1) is 20.8 Å². The fourth-order valence-corrected chi connectivity index (χ4v) is 1.56. The summed E-state index contributed by atoms with van der Waals surface area (Å²) in [6.45, 7) is 6.10. The minimum absolute atomic E-state index is 0.934. The Bertz CT molecular complexity index is 437. The highest BCUT2D eigenvalue weighted by molar-refractivity contribution is 5.38. The fourth-order valence-electron chi connectivity index (χ4n) is 1.56. The minimum Gasteiger partial charge on any atom is -0.220 e. The van der Waals surface area contributed by atoms with E-state index in [4.69, 9.17) is 0 Å². The van der Waals surface area contributed by atoms with E-state index in [1.165, 1.54) is 11.1 Å². The van der Waals surface area contributed by atoms with Gasteiger partial charge in [0.05, 0.1) is 17.6 Å². The summed E-state index contributed by atoms with van der Waals surface area (Å²) in [4.78, 5) is 0. The standard InChI is InChI=1S/C11H13N3/c1-8-4-9(2)6-11(5-8)14-7-10(3)12-13-14/h4-7H,1-3H3. The van der Waals surface area contributed by atoms with Crippen LogP contribution in [0.3, 0.4) is 0 Å². The van der Waals surface area contributed by atoms with Crippen molar-refractivity contribution in [3.8, 4) is 5.69 Å². The Morgan fingerprint density at radius 2 is 1.64 bits per heavy atom. The first kappa shape index (κ1) is 8.94. The van der Waals surface area contributed by atoms with Gasteiger partial charge in [-0.3, -0.25) is 0 Å². The van der Waals surface area contributed by atoms with Crippen LogP contribution >= 0.6 is 0 Å². The van der Waals surface area contributed by atoms with Crippen molar-refractivity contribution in [3.05, 3.63) is 41.2 Å². The Labute approximate surface area is 83.4 Å². The van der Waals surface area contributed by atoms with Crippen molar-refractivity contribution >= 4 is 0 Å². The van der Waals surface area contributed by atoms with Crippen LogP contribution in [0.4, 0.5) is 0 Å². The van der Waals surface area contributed by atoms with E-state index in [2.05, 4.69) is 42.4 Å². The van der Waals surface area contributed by atoms with Gasteiger partial charge in [0, 0.05) is 0 Å². The van der Waals surface area contributed by atoms with Gasteiger partial charge in [0.2, 0.25) is 0 Å². The molecule has 0 radical (unpaired) electrons. The zero-order chi connectivity index (χ0) is 10.1. The van der Waals surface area contributed by atoms with Crippen molar-refractivity contribution in [3.63, 3.8) is 0 Å². The smallest absolute Gasteiger partial charge is 0.0800 e. The van der Waals surface area contributed by atoms with Crippen LogP contribution in [-0.2, 0) is 0 Å². The molecular formula is C11H13N3. The SMILES string of the molecule is Cc1cc(C)cc(-n2cc(C)nn2)c1. The van der Waals surface area contributed by atoms with Gasteiger partial charge in [-0.1, -0.05) is 11.3 Å². The van der Waals surface area contributed by atoms with Crippen LogP contribution in [-0.4, -0.2) is 15.0 Å². The zero-order valence-electron chi connectivity index (χ0n) is 8.65. The molecule has 0 unspecified atom stereocenters. The van der Waals surface area contributed by atoms with Gasteiger partial charge in [-0.15, -0.1) is 5.10 Å². The van der Waals surface area contributed by atoms with Crippen molar-refractivity contribution in [2.75, 3.05) is 0 Å². The number of aromatic nitrogens is 3. The number of nitrogens with zero attached hydrogens (tertiary/aromatic N) is 3. The van der Waals surface area contributed by atoms with E-state index in [0.717, 1.165) is 11.4 Å². The number of hydrogen-bond donors (Lipinski definition) is 0. The van der Waals surface area contributed by atoms with E-state index in [-0.39, 0.29) is 0 Å². The first-order chi connectivity index (χ1) is 6.65. The maximum absolute atomic E-state index is 4.03. The van der Waals surface area contributed by atoms with Gasteiger partial charge in [0.15, 0.2) is 0 Å². The Hall–Kier alpha value is -1.64. The van der Waals surface area contributed by atoms with Gasteiger partial charge in [-0.05, 0) is 44.0 Å². The highest BCUT2D eigenvalue weighted by Crippen LogP contribution is 2.12. The molecule has 0 fully saturated rings. The fraction of sp³-hybridized carbons (Fsp3) is 0.273. The summed E-state index contributed by atoms with van der Waals surface area (Å²) in [5.41, 5.74) is 4.49. The Morgan fingerprint density at radius 3 is 2.14 bits per heavy atom. The third-order valence-electron chi connectivity index (χ3n) is 2.08. The lowest BCUT2D eigenvalue weighted by Crippen LogP contribution is -1.96. The molecule has 2 rings (SSSR count). The molecule has 0 atom stereocenters. The molecule has 0 aliphatic heterocycles. The van der Waals surface area contributed by atoms with Gasteiger partial charge in [-0.2, -0.15) is 0 Å². The molecule has 0 spiro atoms. The van der Waals surface area contributed by atoms with E-state index in [1.54, 1.807) is 4.68 Å². The predicted molar refractivity (Wildman–Crippen MR) is 55.6 cm³/mol. The molecule has 3 nitrogen and oxygen atoms in total. The van der Waals surface area contributed by atoms with Gasteiger partial charge in [0.1, 0.15) is 0 Å². The molecule has 1 aromatic heterocycles. The summed E-state index contributed by atoms with van der Waals surface area (Å²) < 4.78 is 1.80. The third kappa shape index (κ3) is 1.66. The van der Waals surface area contributed by atoms with E-state index in [1.807, 2.05) is 13.1 Å². The highest BCUT2D eigenvalue weighted by atomic mass is 15.4. The van der Waals surface area contributed by atoms with Crippen molar-refractivity contribution in [2.45, 2.75) is 20.8 Å². The normalized spacial score (nSPS) is 10.5. The van der Waals surface area contributed by atoms with Crippen molar-refractivity contribution in [1.29, 1.82) is 0 Å². The zero-order valence-corrected chi connectivity index (χ0v) is 8.65. The Morgan fingerprint density at radius 1 is 1.00 bits per heavy atom. The molecule has 72 valence electrons. The summed E-state index contributed by atoms with van der Waals surface area (Å²) in [6, 6.07) is 6.34. The molecular weight excluding hydrogens is 174 g/mol. The second kappa shape index (κ2) is 3.25. The molecule has 0 aliphatic rings. The van der Waals surface area contributed by atoms with Crippen molar-refractivity contribution in [1.82, 2.24) is 15.0 Å². The summed E-state index contributed by atoms with van der Waals surface area (Å²) in [6.07, 6.45) is 1.92. The summed E-state index contributed by atoms with van der Waals surface area (Å²) in [5.74, 6) is 0. The van der Waals surface area contributed by atoms with E-state index in [9.17, 15) is 0 Å². The molecule has 1 heterocycles. The topological polar surface area (TPSA) is 30.7 Å². The van der Waals surface area contributed by atoms with Crippen molar-refractivity contribution in [2.24, 2.45) is 0 Å². The van der Waals surface area contributed by atoms with Gasteiger partial charge in [0.25, 0.3) is 0 Å². The lowest BCUT2D eigenvalue weighted by atomic mass is 10.1. The van der Waals surface area contributed by atoms with Crippen LogP contribution in [0.1, 0.15) is 16.8 Å². The first-order valence-electron chi connectivity index (χ1n) is 4.63. The molecule has 1 aromatic carbocycles. The summed E-state index contributed by atoms with van der Waals surface area (Å²) >= 11 is 0. The maximum atomic E-state index is 4.03. The van der Waals surface area contributed by atoms with Crippen molar-refractivity contribution < 1.29 is 0 Å². The van der Waals surface area contributed by atoms with E-state index < -0.39 is 0 Å². The molecule has 3 heteroatoms. The largest absolute Gasteiger partial charge is 0.220 e. The molecule has 0 amide bonds. The summed E-state index contributed by atoms with van der Waals surface area (Å²) in [5, 5.41) is 8.00. The Kier molecular flexibility index (Phi) is 2.08. The number of hydrogen-bond acceptors (Lipinski definition) is 2. The molecule has 0 saturated carbocycles. The second-order valence-corrected chi connectivity index (χ2v) is 3.65. The molecule has 0 N–H and O–H groups in total. The van der Waals surface area contributed by atoms with Gasteiger partial charge in [-0.25, -0.2) is 4.68 Å². The number of aryl methyl sites for hydroxylation is 3. The average molecular weight is 187 g/mol. The first-order valence-corrected chi connectivity index (χ1v) is 4.63. The van der Waals surface area contributed by atoms with Crippen LogP contribution < -0.4 is 0 Å². The minimum atomic E-state index is 0.934. The summed E-state index contributed by atoms with van der Waals surface area (Å²) in [7, 11) is 0. The molecule has 0 aliphatic carbocycles. The molecule has 0 saturated heterocycles. The van der Waals surface area contributed by atoms with Crippen LogP contribution in [0.25, 0.3) is 5.69 Å². The van der Waals surface area contributed by atoms with Gasteiger partial charge < -0.3 is 0 Å². The number of rotatable bonds is 1. The quantitative estimate of drug-likeness (QED) is 0.685. The average Bonchev–Trinajstić information content (AvgIpc) is 2.50. The van der Waals surface area contributed by atoms with Crippen LogP contribution in [0.15, 0.2) is 24.4 Å².